The summed E-state index contributed by atoms with van der Waals surface area (Å²) < 4.78 is 0. The van der Waals surface area contributed by atoms with E-state index in [2.05, 4.69) is 24.2 Å². The number of allylic oxidation sites excluding steroid dienone is 2. The predicted molar refractivity (Wildman–Crippen MR) is 127 cm³/mol. The van der Waals surface area contributed by atoms with E-state index in [-0.39, 0.29) is 23.2 Å². The van der Waals surface area contributed by atoms with Gasteiger partial charge >= 0.3 is 0 Å². The number of hydrogen-bond acceptors (Lipinski definition) is 7. The first kappa shape index (κ1) is 24.4. The molecule has 8 atom stereocenters. The third kappa shape index (κ3) is 3.67. The monoisotopic (exact) mass is 460 g/mol. The molecule has 0 amide bonds. The smallest absolute Gasteiger partial charge is 0.135 e. The molecule has 0 bridgehead atoms. The van der Waals surface area contributed by atoms with Gasteiger partial charge in [-0.15, -0.1) is 0 Å². The Bertz CT molecular complexity index is 906. The number of rotatable bonds is 4. The second-order valence-corrected chi connectivity index (χ2v) is 11.5. The molecule has 4 rings (SSSR count). The lowest BCUT2D eigenvalue weighted by Gasteiger charge is -2.60. The number of aliphatic hydroxyl groups is 3. The first-order valence-electron chi connectivity index (χ1n) is 12.3. The molecule has 3 fully saturated rings. The van der Waals surface area contributed by atoms with Crippen molar-refractivity contribution < 1.29 is 25.4 Å². The van der Waals surface area contributed by atoms with Crippen molar-refractivity contribution in [2.75, 3.05) is 6.61 Å². The lowest BCUT2D eigenvalue weighted by atomic mass is 9.46. The minimum absolute atomic E-state index is 0.0677. The molecule has 33 heavy (non-hydrogen) atoms. The summed E-state index contributed by atoms with van der Waals surface area (Å²) in [6.45, 7) is 10.7. The molecule has 0 radical (unpaired) electrons. The van der Waals surface area contributed by atoms with Crippen LogP contribution in [0, 0.1) is 28.6 Å². The summed E-state index contributed by atoms with van der Waals surface area (Å²) in [5.41, 5.74) is 1.69. The molecule has 4 aliphatic carbocycles. The van der Waals surface area contributed by atoms with Crippen LogP contribution >= 0.6 is 0 Å². The van der Waals surface area contributed by atoms with Gasteiger partial charge in [0.25, 0.3) is 0 Å². The van der Waals surface area contributed by atoms with Crippen LogP contribution in [0.25, 0.3) is 0 Å². The zero-order valence-electron chi connectivity index (χ0n) is 20.6. The van der Waals surface area contributed by atoms with Crippen molar-refractivity contribution in [3.05, 3.63) is 23.3 Å². The SMILES string of the molecule is CC(C)=CCON=C(C)[C@H]1CC[C@@]2(O)C3=CC(=NO)[C@@H]4C[C@@H](O)[C@@H](O)C[C@]4(C)C3CC[C@]12C. The fraction of sp³-hybridized carbons (Fsp3) is 0.769. The molecule has 0 spiro atoms. The molecule has 0 aromatic rings. The highest BCUT2D eigenvalue weighted by Gasteiger charge is 2.66. The van der Waals surface area contributed by atoms with Crippen molar-refractivity contribution in [3.63, 3.8) is 0 Å². The van der Waals surface area contributed by atoms with Crippen LogP contribution in [0.15, 0.2) is 33.6 Å². The summed E-state index contributed by atoms with van der Waals surface area (Å²) in [6, 6.07) is 0. The van der Waals surface area contributed by atoms with E-state index >= 15 is 0 Å². The van der Waals surface area contributed by atoms with Gasteiger partial charge in [0.1, 0.15) is 6.61 Å². The van der Waals surface area contributed by atoms with E-state index in [1.54, 1.807) is 0 Å². The molecule has 0 aromatic carbocycles. The molecule has 0 heterocycles. The average Bonchev–Trinajstić information content (AvgIpc) is 3.03. The van der Waals surface area contributed by atoms with E-state index in [1.807, 2.05) is 32.9 Å². The van der Waals surface area contributed by atoms with Crippen LogP contribution in [0.5, 0.6) is 0 Å². The Kier molecular flexibility index (Phi) is 6.30. The highest BCUT2D eigenvalue weighted by atomic mass is 16.6. The zero-order chi connectivity index (χ0) is 24.2. The molecule has 1 unspecified atom stereocenters. The summed E-state index contributed by atoms with van der Waals surface area (Å²) in [7, 11) is 0. The van der Waals surface area contributed by atoms with Crippen molar-refractivity contribution in [1.82, 2.24) is 0 Å². The Labute approximate surface area is 196 Å². The van der Waals surface area contributed by atoms with Gasteiger partial charge < -0.3 is 25.4 Å². The quantitative estimate of drug-likeness (QED) is 0.167. The van der Waals surface area contributed by atoms with Gasteiger partial charge in [0.2, 0.25) is 0 Å². The minimum atomic E-state index is -1.04. The van der Waals surface area contributed by atoms with Crippen LogP contribution in [0.4, 0.5) is 0 Å². The van der Waals surface area contributed by atoms with E-state index in [0.29, 0.717) is 31.6 Å². The van der Waals surface area contributed by atoms with Gasteiger partial charge in [0, 0.05) is 17.3 Å². The molecule has 184 valence electrons. The lowest BCUT2D eigenvalue weighted by molar-refractivity contribution is -0.116. The van der Waals surface area contributed by atoms with Gasteiger partial charge in [0.05, 0.1) is 29.2 Å². The molecular formula is C26H40N2O5. The van der Waals surface area contributed by atoms with Crippen molar-refractivity contribution in [1.29, 1.82) is 0 Å². The van der Waals surface area contributed by atoms with E-state index < -0.39 is 23.2 Å². The summed E-state index contributed by atoms with van der Waals surface area (Å²) >= 11 is 0. The Hall–Kier alpha value is -1.70. The van der Waals surface area contributed by atoms with E-state index in [1.165, 1.54) is 5.57 Å². The van der Waals surface area contributed by atoms with Crippen LogP contribution < -0.4 is 0 Å². The molecule has 0 aliphatic heterocycles. The molecule has 3 saturated carbocycles. The first-order valence-corrected chi connectivity index (χ1v) is 12.3. The van der Waals surface area contributed by atoms with Gasteiger partial charge in [0.15, 0.2) is 0 Å². The first-order chi connectivity index (χ1) is 15.5. The van der Waals surface area contributed by atoms with E-state index in [9.17, 15) is 20.5 Å². The lowest BCUT2D eigenvalue weighted by Crippen LogP contribution is -2.61. The summed E-state index contributed by atoms with van der Waals surface area (Å²) in [5.74, 6) is 0.0135. The fourth-order valence-electron chi connectivity index (χ4n) is 7.57. The van der Waals surface area contributed by atoms with Gasteiger partial charge in [-0.05, 0) is 88.4 Å². The Balaban J connectivity index is 1.68. The van der Waals surface area contributed by atoms with Gasteiger partial charge in [-0.3, -0.25) is 0 Å². The topological polar surface area (TPSA) is 115 Å². The largest absolute Gasteiger partial charge is 0.411 e. The van der Waals surface area contributed by atoms with E-state index in [0.717, 1.165) is 30.5 Å². The van der Waals surface area contributed by atoms with E-state index in [4.69, 9.17) is 4.84 Å². The summed E-state index contributed by atoms with van der Waals surface area (Å²) in [6.07, 6.45) is 6.17. The number of oxime groups is 2. The Morgan fingerprint density at radius 2 is 1.85 bits per heavy atom. The zero-order valence-corrected chi connectivity index (χ0v) is 20.6. The molecule has 4 N–H and O–H groups in total. The van der Waals surface area contributed by atoms with Crippen molar-refractivity contribution in [2.24, 2.45) is 38.9 Å². The second-order valence-electron chi connectivity index (χ2n) is 11.5. The van der Waals surface area contributed by atoms with Gasteiger partial charge in [-0.1, -0.05) is 29.7 Å². The maximum Gasteiger partial charge on any atom is 0.135 e. The number of aliphatic hydroxyl groups excluding tert-OH is 2. The molecule has 4 aliphatic rings. The molecule has 0 saturated heterocycles. The summed E-state index contributed by atoms with van der Waals surface area (Å²) in [5, 5.41) is 50.9. The molecule has 0 aromatic heterocycles. The Morgan fingerprint density at radius 1 is 1.12 bits per heavy atom. The molecule has 7 nitrogen and oxygen atoms in total. The van der Waals surface area contributed by atoms with Gasteiger partial charge in [-0.25, -0.2) is 0 Å². The highest BCUT2D eigenvalue weighted by molar-refractivity contribution is 5.99. The second kappa shape index (κ2) is 8.51. The maximum absolute atomic E-state index is 12.2. The van der Waals surface area contributed by atoms with Crippen LogP contribution in [0.3, 0.4) is 0 Å². The van der Waals surface area contributed by atoms with Crippen molar-refractivity contribution in [2.45, 2.75) is 91.0 Å². The molecule has 7 heteroatoms. The van der Waals surface area contributed by atoms with Crippen LogP contribution in [-0.2, 0) is 4.84 Å². The van der Waals surface area contributed by atoms with Crippen LogP contribution in [0.2, 0.25) is 0 Å². The average molecular weight is 461 g/mol. The third-order valence-electron chi connectivity index (χ3n) is 9.53. The Morgan fingerprint density at radius 3 is 2.52 bits per heavy atom. The van der Waals surface area contributed by atoms with Gasteiger partial charge in [-0.2, -0.15) is 0 Å². The molecular weight excluding hydrogens is 420 g/mol. The predicted octanol–water partition coefficient (Wildman–Crippen LogP) is 3.81. The number of nitrogens with zero attached hydrogens (tertiary/aromatic N) is 2. The fourth-order valence-corrected chi connectivity index (χ4v) is 7.57. The van der Waals surface area contributed by atoms with Crippen LogP contribution in [-0.4, -0.2) is 56.4 Å². The standard InChI is InChI=1S/C26H40N2O5/c1-15(2)8-11-33-28-16(3)17-7-10-26(31)19-12-21(27-32)20-13-22(29)23(30)14-24(20,4)18(19)6-9-25(17,26)5/h8,12,17-18,20,22-23,29-32H,6-7,9-11,13-14H2,1-5H3/t17-,18?,20+,22-,23+,24-,25-,26-/m1/s1. The minimum Gasteiger partial charge on any atom is -0.411 e. The number of fused-ring (bicyclic) bond motifs is 5. The van der Waals surface area contributed by atoms with Crippen molar-refractivity contribution >= 4 is 11.4 Å². The van der Waals surface area contributed by atoms with Crippen molar-refractivity contribution in [3.8, 4) is 0 Å². The van der Waals surface area contributed by atoms with Crippen LogP contribution in [0.1, 0.15) is 73.1 Å². The third-order valence-corrected chi connectivity index (χ3v) is 9.53. The summed E-state index contributed by atoms with van der Waals surface area (Å²) in [4.78, 5) is 5.54. The normalized spacial score (nSPS) is 46.2. The number of hydrogen-bond donors (Lipinski definition) is 4. The highest BCUT2D eigenvalue weighted by Crippen LogP contribution is 2.67. The maximum atomic E-state index is 12.2.